The molecular weight excluding hydrogens is 294 g/mol. The summed E-state index contributed by atoms with van der Waals surface area (Å²) in [7, 11) is 0. The summed E-state index contributed by atoms with van der Waals surface area (Å²) < 4.78 is 0. The second kappa shape index (κ2) is 7.42. The Morgan fingerprint density at radius 2 is 1.38 bits per heavy atom. The minimum atomic E-state index is -0.0666. The lowest BCUT2D eigenvalue weighted by Gasteiger charge is -2.06. The van der Waals surface area contributed by atoms with Crippen LogP contribution in [0.3, 0.4) is 0 Å². The molecule has 0 unspecified atom stereocenters. The van der Waals surface area contributed by atoms with Crippen LogP contribution in [0.4, 0.5) is 5.69 Å². The predicted molar refractivity (Wildman–Crippen MR) is 102 cm³/mol. The van der Waals surface area contributed by atoms with E-state index in [0.29, 0.717) is 0 Å². The fourth-order valence-corrected chi connectivity index (χ4v) is 2.55. The van der Waals surface area contributed by atoms with E-state index in [1.807, 2.05) is 48.5 Å². The number of hydrogen-bond donors (Lipinski definition) is 1. The Hall–Kier alpha value is -3.13. The van der Waals surface area contributed by atoms with Crippen LogP contribution >= 0.6 is 0 Å². The molecule has 1 N–H and O–H groups in total. The smallest absolute Gasteiger partial charge is 0.221 e. The van der Waals surface area contributed by atoms with Gasteiger partial charge in [-0.3, -0.25) is 4.79 Å². The lowest BCUT2D eigenvalue weighted by molar-refractivity contribution is -0.114. The Kier molecular flexibility index (Phi) is 4.87. The van der Waals surface area contributed by atoms with Gasteiger partial charge in [-0.1, -0.05) is 84.9 Å². The number of rotatable bonds is 4. The van der Waals surface area contributed by atoms with Crippen molar-refractivity contribution in [3.8, 4) is 11.1 Å². The summed E-state index contributed by atoms with van der Waals surface area (Å²) in [5, 5.41) is 2.85. The van der Waals surface area contributed by atoms with Gasteiger partial charge in [-0.25, -0.2) is 0 Å². The molecule has 0 radical (unpaired) electrons. The van der Waals surface area contributed by atoms with Crippen LogP contribution < -0.4 is 5.32 Å². The quantitative estimate of drug-likeness (QED) is 0.635. The van der Waals surface area contributed by atoms with Crippen molar-refractivity contribution < 1.29 is 4.79 Å². The molecule has 2 nitrogen and oxygen atoms in total. The highest BCUT2D eigenvalue weighted by Gasteiger charge is 2.00. The summed E-state index contributed by atoms with van der Waals surface area (Å²) in [5.41, 5.74) is 5.34. The minimum Gasteiger partial charge on any atom is -0.326 e. The van der Waals surface area contributed by atoms with E-state index in [1.165, 1.54) is 18.1 Å². The zero-order valence-corrected chi connectivity index (χ0v) is 13.6. The van der Waals surface area contributed by atoms with E-state index in [-0.39, 0.29) is 5.91 Å². The molecule has 24 heavy (non-hydrogen) atoms. The van der Waals surface area contributed by atoms with Crippen LogP contribution in [-0.2, 0) is 4.79 Å². The molecule has 118 valence electrons. The van der Waals surface area contributed by atoms with Crippen molar-refractivity contribution in [2.24, 2.45) is 0 Å². The summed E-state index contributed by atoms with van der Waals surface area (Å²) in [5.74, 6) is -0.0666. The van der Waals surface area contributed by atoms with Crippen LogP contribution in [0.15, 0.2) is 78.9 Å². The highest BCUT2D eigenvalue weighted by molar-refractivity contribution is 5.92. The first-order chi connectivity index (χ1) is 11.7. The van der Waals surface area contributed by atoms with Gasteiger partial charge in [0.15, 0.2) is 0 Å². The van der Waals surface area contributed by atoms with Gasteiger partial charge in [0.05, 0.1) is 0 Å². The number of para-hydroxylation sites is 1. The predicted octanol–water partition coefficient (Wildman–Crippen LogP) is 5.48. The van der Waals surface area contributed by atoms with E-state index >= 15 is 0 Å². The Balaban J connectivity index is 1.79. The van der Waals surface area contributed by atoms with Gasteiger partial charge in [-0.05, 0) is 28.3 Å². The van der Waals surface area contributed by atoms with Crippen molar-refractivity contribution in [3.05, 3.63) is 90.0 Å². The van der Waals surface area contributed by atoms with E-state index < -0.39 is 0 Å². The van der Waals surface area contributed by atoms with Gasteiger partial charge < -0.3 is 5.32 Å². The first-order valence-corrected chi connectivity index (χ1v) is 7.92. The summed E-state index contributed by atoms with van der Waals surface area (Å²) in [6.45, 7) is 1.52. The molecule has 0 bridgehead atoms. The van der Waals surface area contributed by atoms with Crippen LogP contribution in [0.1, 0.15) is 18.1 Å². The average Bonchev–Trinajstić information content (AvgIpc) is 2.62. The zero-order chi connectivity index (χ0) is 16.8. The molecule has 0 spiro atoms. The number of amides is 1. The van der Waals surface area contributed by atoms with Gasteiger partial charge in [0.1, 0.15) is 0 Å². The Labute approximate surface area is 142 Å². The van der Waals surface area contributed by atoms with E-state index in [1.54, 1.807) is 0 Å². The van der Waals surface area contributed by atoms with Crippen molar-refractivity contribution in [3.63, 3.8) is 0 Å². The van der Waals surface area contributed by atoms with Gasteiger partial charge >= 0.3 is 0 Å². The third-order valence-electron chi connectivity index (χ3n) is 3.74. The maximum Gasteiger partial charge on any atom is 0.221 e. The summed E-state index contributed by atoms with van der Waals surface area (Å²) >= 11 is 0. The van der Waals surface area contributed by atoms with Crippen molar-refractivity contribution >= 4 is 23.7 Å². The van der Waals surface area contributed by atoms with Crippen molar-refractivity contribution in [2.75, 3.05) is 5.32 Å². The topological polar surface area (TPSA) is 29.1 Å². The molecule has 3 aromatic rings. The molecule has 0 fully saturated rings. The van der Waals surface area contributed by atoms with Crippen LogP contribution in [0.5, 0.6) is 0 Å². The fraction of sp³-hybridized carbons (Fsp3) is 0.0455. The SMILES string of the molecule is CC(=O)Nc1ccccc1/C=C/c1ccc(-c2ccccc2)cc1. The molecule has 0 aliphatic carbocycles. The maximum atomic E-state index is 11.3. The Morgan fingerprint density at radius 1 is 0.750 bits per heavy atom. The van der Waals surface area contributed by atoms with E-state index in [4.69, 9.17) is 0 Å². The highest BCUT2D eigenvalue weighted by atomic mass is 16.1. The van der Waals surface area contributed by atoms with Crippen LogP contribution in [-0.4, -0.2) is 5.91 Å². The number of nitrogens with one attached hydrogen (secondary N) is 1. The second-order valence-electron chi connectivity index (χ2n) is 5.59. The molecule has 3 rings (SSSR count). The van der Waals surface area contributed by atoms with Gasteiger partial charge in [-0.15, -0.1) is 0 Å². The van der Waals surface area contributed by atoms with Gasteiger partial charge in [-0.2, -0.15) is 0 Å². The summed E-state index contributed by atoms with van der Waals surface area (Å²) in [6, 6.07) is 26.5. The third kappa shape index (κ3) is 3.99. The van der Waals surface area contributed by atoms with E-state index in [2.05, 4.69) is 47.8 Å². The molecule has 0 aromatic heterocycles. The summed E-state index contributed by atoms with van der Waals surface area (Å²) in [6.07, 6.45) is 4.07. The van der Waals surface area contributed by atoms with Gasteiger partial charge in [0.2, 0.25) is 5.91 Å². The molecule has 0 saturated heterocycles. The molecular formula is C22H19NO. The van der Waals surface area contributed by atoms with E-state index in [0.717, 1.165) is 16.8 Å². The number of hydrogen-bond acceptors (Lipinski definition) is 1. The largest absolute Gasteiger partial charge is 0.326 e. The molecule has 0 saturated carbocycles. The first-order valence-electron chi connectivity index (χ1n) is 7.92. The molecule has 2 heteroatoms. The number of anilines is 1. The Bertz CT molecular complexity index is 849. The van der Waals surface area contributed by atoms with Gasteiger partial charge in [0.25, 0.3) is 0 Å². The zero-order valence-electron chi connectivity index (χ0n) is 13.6. The fourth-order valence-electron chi connectivity index (χ4n) is 2.55. The maximum absolute atomic E-state index is 11.3. The van der Waals surface area contributed by atoms with Crippen molar-refractivity contribution in [1.82, 2.24) is 0 Å². The highest BCUT2D eigenvalue weighted by Crippen LogP contribution is 2.21. The normalized spacial score (nSPS) is 10.7. The van der Waals surface area contributed by atoms with E-state index in [9.17, 15) is 4.79 Å². The molecule has 1 amide bonds. The number of carbonyl (C=O) groups is 1. The number of benzene rings is 3. The van der Waals surface area contributed by atoms with Crippen LogP contribution in [0.2, 0.25) is 0 Å². The lowest BCUT2D eigenvalue weighted by Crippen LogP contribution is -2.06. The molecule has 0 heterocycles. The van der Waals surface area contributed by atoms with Crippen LogP contribution in [0.25, 0.3) is 23.3 Å². The number of carbonyl (C=O) groups excluding carboxylic acids is 1. The Morgan fingerprint density at radius 3 is 2.08 bits per heavy atom. The minimum absolute atomic E-state index is 0.0666. The van der Waals surface area contributed by atoms with Crippen LogP contribution in [0, 0.1) is 0 Å². The summed E-state index contributed by atoms with van der Waals surface area (Å²) in [4.78, 5) is 11.3. The van der Waals surface area contributed by atoms with Crippen molar-refractivity contribution in [1.29, 1.82) is 0 Å². The molecule has 0 aliphatic heterocycles. The molecule has 0 atom stereocenters. The van der Waals surface area contributed by atoms with Crippen molar-refractivity contribution in [2.45, 2.75) is 6.92 Å². The standard InChI is InChI=1S/C22H19NO/c1-17(24)23-22-10-6-5-9-21(22)16-13-18-11-14-20(15-12-18)19-7-3-2-4-8-19/h2-16H,1H3,(H,23,24)/b16-13+. The lowest BCUT2D eigenvalue weighted by atomic mass is 10.0. The van der Waals surface area contributed by atoms with Gasteiger partial charge in [0, 0.05) is 12.6 Å². The molecule has 3 aromatic carbocycles. The molecule has 0 aliphatic rings. The first kappa shape index (κ1) is 15.8. The average molecular weight is 313 g/mol. The monoisotopic (exact) mass is 313 g/mol. The third-order valence-corrected chi connectivity index (χ3v) is 3.74. The second-order valence-corrected chi connectivity index (χ2v) is 5.59.